The number of fused-ring (bicyclic) bond motifs is 1. The second kappa shape index (κ2) is 6.54. The molecule has 1 aliphatic heterocycles. The minimum Gasteiger partial charge on any atom is -0.357 e. The zero-order valence-electron chi connectivity index (χ0n) is 13.7. The lowest BCUT2D eigenvalue weighted by Crippen LogP contribution is -2.42. The first-order chi connectivity index (χ1) is 11.1. The van der Waals surface area contributed by atoms with Gasteiger partial charge in [-0.1, -0.05) is 12.1 Å². The fourth-order valence-corrected chi connectivity index (χ4v) is 3.18. The van der Waals surface area contributed by atoms with E-state index in [0.29, 0.717) is 6.54 Å². The van der Waals surface area contributed by atoms with E-state index in [4.69, 9.17) is 0 Å². The number of aromatic amines is 1. The van der Waals surface area contributed by atoms with Gasteiger partial charge < -0.3 is 15.6 Å². The maximum Gasteiger partial charge on any atom is 0.237 e. The van der Waals surface area contributed by atoms with Crippen molar-refractivity contribution in [2.24, 2.45) is 0 Å². The van der Waals surface area contributed by atoms with E-state index in [-0.39, 0.29) is 17.4 Å². The molecule has 1 fully saturated rings. The van der Waals surface area contributed by atoms with Gasteiger partial charge in [0.2, 0.25) is 5.91 Å². The van der Waals surface area contributed by atoms with Crippen LogP contribution in [0.2, 0.25) is 0 Å². The molecule has 5 nitrogen and oxygen atoms in total. The zero-order valence-corrected chi connectivity index (χ0v) is 13.7. The van der Waals surface area contributed by atoms with Gasteiger partial charge in [-0.3, -0.25) is 9.59 Å². The van der Waals surface area contributed by atoms with E-state index in [1.165, 1.54) is 0 Å². The quantitative estimate of drug-likeness (QED) is 0.810. The van der Waals surface area contributed by atoms with Gasteiger partial charge in [-0.15, -0.1) is 0 Å². The number of hydrogen-bond donors (Lipinski definition) is 3. The van der Waals surface area contributed by atoms with Gasteiger partial charge >= 0.3 is 0 Å². The number of aromatic nitrogens is 1. The van der Waals surface area contributed by atoms with Gasteiger partial charge in [-0.05, 0) is 44.2 Å². The third-order valence-corrected chi connectivity index (χ3v) is 4.53. The molecule has 0 unspecified atom stereocenters. The molecule has 1 aliphatic rings. The van der Waals surface area contributed by atoms with Gasteiger partial charge in [0, 0.05) is 30.2 Å². The Morgan fingerprint density at radius 1 is 1.17 bits per heavy atom. The van der Waals surface area contributed by atoms with Gasteiger partial charge in [0.25, 0.3) is 0 Å². The maximum atomic E-state index is 12.4. The third-order valence-electron chi connectivity index (χ3n) is 4.53. The summed E-state index contributed by atoms with van der Waals surface area (Å²) < 4.78 is 0. The zero-order chi connectivity index (χ0) is 16.4. The van der Waals surface area contributed by atoms with Crippen molar-refractivity contribution in [2.45, 2.75) is 45.7 Å². The first-order valence-corrected chi connectivity index (χ1v) is 8.19. The predicted molar refractivity (Wildman–Crippen MR) is 91.5 cm³/mol. The average molecular weight is 313 g/mol. The molecule has 3 rings (SSSR count). The summed E-state index contributed by atoms with van der Waals surface area (Å²) in [5, 5.41) is 6.94. The summed E-state index contributed by atoms with van der Waals surface area (Å²) in [4.78, 5) is 27.7. The van der Waals surface area contributed by atoms with Crippen molar-refractivity contribution in [3.05, 3.63) is 45.2 Å². The Morgan fingerprint density at radius 3 is 2.78 bits per heavy atom. The van der Waals surface area contributed by atoms with Crippen LogP contribution in [0.1, 0.15) is 36.1 Å². The van der Waals surface area contributed by atoms with Crippen molar-refractivity contribution in [1.29, 1.82) is 0 Å². The highest BCUT2D eigenvalue weighted by Gasteiger charge is 2.20. The Labute approximate surface area is 135 Å². The van der Waals surface area contributed by atoms with Crippen LogP contribution in [0.5, 0.6) is 0 Å². The summed E-state index contributed by atoms with van der Waals surface area (Å²) >= 11 is 0. The molecule has 122 valence electrons. The summed E-state index contributed by atoms with van der Waals surface area (Å²) in [6.07, 6.45) is 2.89. The van der Waals surface area contributed by atoms with E-state index >= 15 is 0 Å². The Balaban J connectivity index is 1.85. The average Bonchev–Trinajstić information content (AvgIpc) is 2.73. The summed E-state index contributed by atoms with van der Waals surface area (Å²) in [6, 6.07) is 5.44. The Kier molecular flexibility index (Phi) is 4.48. The molecule has 1 amide bonds. The highest BCUT2D eigenvalue weighted by Crippen LogP contribution is 2.17. The molecular weight excluding hydrogens is 290 g/mol. The van der Waals surface area contributed by atoms with E-state index in [1.807, 2.05) is 26.0 Å². The highest BCUT2D eigenvalue weighted by molar-refractivity contribution is 5.85. The number of H-pyrrole nitrogens is 1. The van der Waals surface area contributed by atoms with Gasteiger partial charge in [0.1, 0.15) is 0 Å². The van der Waals surface area contributed by atoms with Gasteiger partial charge in [-0.2, -0.15) is 0 Å². The molecule has 2 heterocycles. The maximum absolute atomic E-state index is 12.4. The standard InChI is InChI=1S/C18H23N3O2/c1-11-6-7-12(2)17-16(11)15(22)9-13(21-17)10-20-14-5-3-4-8-19-18(14)23/h6-7,9,14,20H,3-5,8,10H2,1-2H3,(H,19,23)(H,21,22)/t14-/m0/s1. The smallest absolute Gasteiger partial charge is 0.237 e. The first-order valence-electron chi connectivity index (χ1n) is 8.19. The fraction of sp³-hybridized carbons (Fsp3) is 0.444. The summed E-state index contributed by atoms with van der Waals surface area (Å²) in [5.74, 6) is 0.0534. The number of nitrogens with one attached hydrogen (secondary N) is 3. The van der Waals surface area contributed by atoms with Crippen LogP contribution in [0.25, 0.3) is 10.9 Å². The van der Waals surface area contributed by atoms with Crippen molar-refractivity contribution < 1.29 is 4.79 Å². The van der Waals surface area contributed by atoms with Gasteiger partial charge in [-0.25, -0.2) is 0 Å². The molecule has 1 aromatic carbocycles. The van der Waals surface area contributed by atoms with Crippen molar-refractivity contribution in [2.75, 3.05) is 6.54 Å². The molecule has 1 atom stereocenters. The van der Waals surface area contributed by atoms with Gasteiger partial charge in [0.05, 0.1) is 11.6 Å². The molecule has 5 heteroatoms. The van der Waals surface area contributed by atoms with Crippen LogP contribution in [-0.2, 0) is 11.3 Å². The van der Waals surface area contributed by atoms with Crippen LogP contribution >= 0.6 is 0 Å². The van der Waals surface area contributed by atoms with E-state index in [1.54, 1.807) is 6.07 Å². The molecule has 1 saturated heterocycles. The molecule has 3 N–H and O–H groups in total. The number of hydrogen-bond acceptors (Lipinski definition) is 3. The normalized spacial score (nSPS) is 18.7. The van der Waals surface area contributed by atoms with E-state index < -0.39 is 0 Å². The first kappa shape index (κ1) is 15.7. The summed E-state index contributed by atoms with van der Waals surface area (Å²) in [5.41, 5.74) is 3.76. The van der Waals surface area contributed by atoms with Crippen LogP contribution in [0.3, 0.4) is 0 Å². The third kappa shape index (κ3) is 3.29. The number of aryl methyl sites for hydroxylation is 2. The lowest BCUT2D eigenvalue weighted by molar-refractivity contribution is -0.122. The number of carbonyl (C=O) groups is 1. The van der Waals surface area contributed by atoms with Crippen LogP contribution in [0.4, 0.5) is 0 Å². The monoisotopic (exact) mass is 313 g/mol. The number of carbonyl (C=O) groups excluding carboxylic acids is 1. The molecule has 0 spiro atoms. The molecule has 0 bridgehead atoms. The molecule has 1 aromatic heterocycles. The van der Waals surface area contributed by atoms with E-state index in [9.17, 15) is 9.59 Å². The van der Waals surface area contributed by atoms with Crippen LogP contribution < -0.4 is 16.1 Å². The van der Waals surface area contributed by atoms with Crippen LogP contribution in [-0.4, -0.2) is 23.5 Å². The van der Waals surface area contributed by atoms with Crippen LogP contribution in [0, 0.1) is 13.8 Å². The molecule has 2 aromatic rings. The topological polar surface area (TPSA) is 74.0 Å². The fourth-order valence-electron chi connectivity index (χ4n) is 3.18. The largest absolute Gasteiger partial charge is 0.357 e. The number of benzene rings is 1. The summed E-state index contributed by atoms with van der Waals surface area (Å²) in [6.45, 7) is 5.18. The van der Waals surface area contributed by atoms with Crippen molar-refractivity contribution in [3.8, 4) is 0 Å². The van der Waals surface area contributed by atoms with Crippen molar-refractivity contribution in [3.63, 3.8) is 0 Å². The lowest BCUT2D eigenvalue weighted by atomic mass is 10.0. The number of pyridine rings is 1. The van der Waals surface area contributed by atoms with E-state index in [0.717, 1.165) is 53.5 Å². The van der Waals surface area contributed by atoms with Crippen LogP contribution in [0.15, 0.2) is 23.0 Å². The Morgan fingerprint density at radius 2 is 1.96 bits per heavy atom. The lowest BCUT2D eigenvalue weighted by Gasteiger charge is -2.16. The highest BCUT2D eigenvalue weighted by atomic mass is 16.2. The molecule has 23 heavy (non-hydrogen) atoms. The van der Waals surface area contributed by atoms with Crippen molar-refractivity contribution >= 4 is 16.8 Å². The predicted octanol–water partition coefficient (Wildman–Crippen LogP) is 1.90. The molecule has 0 saturated carbocycles. The Bertz CT molecular complexity index is 795. The minimum atomic E-state index is -0.185. The second-order valence-corrected chi connectivity index (χ2v) is 6.33. The molecule has 0 aliphatic carbocycles. The number of rotatable bonds is 3. The second-order valence-electron chi connectivity index (χ2n) is 6.33. The van der Waals surface area contributed by atoms with Gasteiger partial charge in [0.15, 0.2) is 5.43 Å². The molecule has 0 radical (unpaired) electrons. The summed E-state index contributed by atoms with van der Waals surface area (Å²) in [7, 11) is 0. The number of amides is 1. The molecular formula is C18H23N3O2. The SMILES string of the molecule is Cc1ccc(C)c2c(=O)cc(CN[C@H]3CCCCNC3=O)[nH]c12. The van der Waals surface area contributed by atoms with E-state index in [2.05, 4.69) is 15.6 Å². The minimum absolute atomic E-state index is 0.0297. The van der Waals surface area contributed by atoms with Crippen molar-refractivity contribution in [1.82, 2.24) is 15.6 Å². The Hall–Kier alpha value is -2.14.